The number of hydrogen-bond acceptors (Lipinski definition) is 2. The number of rotatable bonds is 5. The highest BCUT2D eigenvalue weighted by atomic mass is 15.3. The lowest BCUT2D eigenvalue weighted by molar-refractivity contribution is 0.132. The number of hydrogen-bond donors (Lipinski definition) is 0. The third-order valence-electron chi connectivity index (χ3n) is 4.91. The highest BCUT2D eigenvalue weighted by molar-refractivity contribution is 5.21. The number of piperazine rings is 1. The molecule has 1 aromatic rings. The molecule has 2 heterocycles. The van der Waals surface area contributed by atoms with Crippen molar-refractivity contribution in [2.75, 3.05) is 26.2 Å². The predicted octanol–water partition coefficient (Wildman–Crippen LogP) is 4.76. The fourth-order valence-corrected chi connectivity index (χ4v) is 3.73. The molecule has 2 aliphatic heterocycles. The molecule has 0 spiro atoms. The van der Waals surface area contributed by atoms with Crippen LogP contribution in [-0.4, -0.2) is 48.1 Å². The quantitative estimate of drug-likeness (QED) is 0.772. The Kier molecular flexibility index (Phi) is 9.50. The van der Waals surface area contributed by atoms with Crippen molar-refractivity contribution in [3.63, 3.8) is 0 Å². The Morgan fingerprint density at radius 1 is 0.913 bits per heavy atom. The molecule has 132 valence electrons. The number of nitrogens with zero attached hydrogens (tertiary/aromatic N) is 2. The van der Waals surface area contributed by atoms with E-state index in [0.717, 1.165) is 12.1 Å². The van der Waals surface area contributed by atoms with E-state index in [0.29, 0.717) is 0 Å². The maximum absolute atomic E-state index is 2.73. The predicted molar refractivity (Wildman–Crippen MR) is 103 cm³/mol. The summed E-state index contributed by atoms with van der Waals surface area (Å²) in [6.07, 6.45) is 3.95. The molecule has 0 amide bonds. The zero-order valence-electron chi connectivity index (χ0n) is 16.3. The maximum atomic E-state index is 2.73. The van der Waals surface area contributed by atoms with Crippen LogP contribution in [0, 0.1) is 6.92 Å². The molecule has 2 bridgehead atoms. The Morgan fingerprint density at radius 3 is 2.00 bits per heavy atom. The fraction of sp³-hybridized carbons (Fsp3) is 0.714. The van der Waals surface area contributed by atoms with Crippen LogP contribution in [0.3, 0.4) is 0 Å². The van der Waals surface area contributed by atoms with Crippen molar-refractivity contribution < 1.29 is 0 Å². The minimum Gasteiger partial charge on any atom is -0.298 e. The van der Waals surface area contributed by atoms with Gasteiger partial charge in [0.15, 0.2) is 0 Å². The molecule has 1 aromatic carbocycles. The van der Waals surface area contributed by atoms with Gasteiger partial charge in [-0.05, 0) is 44.8 Å². The van der Waals surface area contributed by atoms with Crippen LogP contribution in [0.5, 0.6) is 0 Å². The van der Waals surface area contributed by atoms with Crippen molar-refractivity contribution in [1.82, 2.24) is 9.80 Å². The van der Waals surface area contributed by atoms with Gasteiger partial charge < -0.3 is 0 Å². The van der Waals surface area contributed by atoms with Gasteiger partial charge in [0.05, 0.1) is 0 Å². The molecular weight excluding hydrogens is 280 g/mol. The second-order valence-corrected chi connectivity index (χ2v) is 6.21. The first-order valence-electron chi connectivity index (χ1n) is 9.80. The van der Waals surface area contributed by atoms with E-state index in [-0.39, 0.29) is 0 Å². The van der Waals surface area contributed by atoms with Gasteiger partial charge in [0.1, 0.15) is 0 Å². The summed E-state index contributed by atoms with van der Waals surface area (Å²) in [5.41, 5.74) is 2.85. The molecular formula is C21H38N2. The average Bonchev–Trinajstić information content (AvgIpc) is 3.20. The SMILES string of the molecule is CC.CC.CCN1CC2CC1CN2CCCc1ccc(C)cc1. The van der Waals surface area contributed by atoms with Crippen molar-refractivity contribution in [3.05, 3.63) is 35.4 Å². The first-order chi connectivity index (χ1) is 11.3. The van der Waals surface area contributed by atoms with Crippen LogP contribution in [0.2, 0.25) is 0 Å². The second-order valence-electron chi connectivity index (χ2n) is 6.21. The van der Waals surface area contributed by atoms with Gasteiger partial charge in [-0.3, -0.25) is 9.80 Å². The van der Waals surface area contributed by atoms with Crippen molar-refractivity contribution in [2.24, 2.45) is 0 Å². The molecule has 2 heteroatoms. The highest BCUT2D eigenvalue weighted by Gasteiger charge is 2.41. The van der Waals surface area contributed by atoms with Crippen LogP contribution in [0.25, 0.3) is 0 Å². The van der Waals surface area contributed by atoms with E-state index in [1.807, 2.05) is 27.7 Å². The van der Waals surface area contributed by atoms with Crippen LogP contribution in [0.4, 0.5) is 0 Å². The Hall–Kier alpha value is -0.860. The van der Waals surface area contributed by atoms with Crippen molar-refractivity contribution in [3.8, 4) is 0 Å². The summed E-state index contributed by atoms with van der Waals surface area (Å²) in [4.78, 5) is 5.38. The summed E-state index contributed by atoms with van der Waals surface area (Å²) in [5.74, 6) is 0. The number of likely N-dealkylation sites (N-methyl/N-ethyl adjacent to an activating group) is 1. The Bertz CT molecular complexity index is 412. The standard InChI is InChI=1S/C17H26N2.2C2H6/c1-3-18-12-17-11-16(18)13-19(17)10-4-5-15-8-6-14(2)7-9-15;2*1-2/h6-9,16-17H,3-5,10-13H2,1-2H3;2*1-2H3. The summed E-state index contributed by atoms with van der Waals surface area (Å²) in [7, 11) is 0. The third-order valence-corrected chi connectivity index (χ3v) is 4.91. The number of aryl methyl sites for hydroxylation is 2. The topological polar surface area (TPSA) is 6.48 Å². The molecule has 2 unspecified atom stereocenters. The first kappa shape index (κ1) is 20.2. The average molecular weight is 319 g/mol. The van der Waals surface area contributed by atoms with E-state index >= 15 is 0 Å². The zero-order valence-corrected chi connectivity index (χ0v) is 16.3. The minimum absolute atomic E-state index is 0.850. The molecule has 0 N–H and O–H groups in total. The third kappa shape index (κ3) is 5.61. The molecule has 3 rings (SSSR count). The van der Waals surface area contributed by atoms with E-state index in [9.17, 15) is 0 Å². The largest absolute Gasteiger partial charge is 0.298 e. The maximum Gasteiger partial charge on any atom is 0.0239 e. The Balaban J connectivity index is 0.000000615. The fourth-order valence-electron chi connectivity index (χ4n) is 3.73. The summed E-state index contributed by atoms with van der Waals surface area (Å²) in [6, 6.07) is 10.7. The summed E-state index contributed by atoms with van der Waals surface area (Å²) in [5, 5.41) is 0. The molecule has 2 atom stereocenters. The molecule has 0 aliphatic carbocycles. The van der Waals surface area contributed by atoms with Crippen LogP contribution >= 0.6 is 0 Å². The Morgan fingerprint density at radius 2 is 1.48 bits per heavy atom. The zero-order chi connectivity index (χ0) is 17.2. The molecule has 2 fully saturated rings. The lowest BCUT2D eigenvalue weighted by atomic mass is 10.1. The first-order valence-corrected chi connectivity index (χ1v) is 9.80. The van der Waals surface area contributed by atoms with E-state index < -0.39 is 0 Å². The molecule has 2 nitrogen and oxygen atoms in total. The van der Waals surface area contributed by atoms with Crippen molar-refractivity contribution >= 4 is 0 Å². The summed E-state index contributed by atoms with van der Waals surface area (Å²) >= 11 is 0. The van der Waals surface area contributed by atoms with Crippen molar-refractivity contribution in [2.45, 2.75) is 72.9 Å². The van der Waals surface area contributed by atoms with E-state index in [4.69, 9.17) is 0 Å². The number of likely N-dealkylation sites (tertiary alicyclic amines) is 2. The lowest BCUT2D eigenvalue weighted by Crippen LogP contribution is -2.46. The van der Waals surface area contributed by atoms with Gasteiger partial charge >= 0.3 is 0 Å². The van der Waals surface area contributed by atoms with E-state index in [1.165, 1.54) is 56.6 Å². The van der Waals surface area contributed by atoms with Gasteiger partial charge in [-0.2, -0.15) is 0 Å². The van der Waals surface area contributed by atoms with Gasteiger partial charge in [-0.1, -0.05) is 64.4 Å². The van der Waals surface area contributed by atoms with Crippen LogP contribution in [-0.2, 0) is 6.42 Å². The second kappa shape index (κ2) is 10.8. The van der Waals surface area contributed by atoms with Gasteiger partial charge in [0, 0.05) is 25.2 Å². The van der Waals surface area contributed by atoms with E-state index in [1.54, 1.807) is 0 Å². The van der Waals surface area contributed by atoms with Crippen molar-refractivity contribution in [1.29, 1.82) is 0 Å². The molecule has 23 heavy (non-hydrogen) atoms. The summed E-state index contributed by atoms with van der Waals surface area (Å²) < 4.78 is 0. The minimum atomic E-state index is 0.850. The number of benzene rings is 1. The normalized spacial score (nSPS) is 23.0. The highest BCUT2D eigenvalue weighted by Crippen LogP contribution is 2.30. The Labute approximate surface area is 144 Å². The molecule has 2 aliphatic rings. The molecule has 0 radical (unpaired) electrons. The van der Waals surface area contributed by atoms with Crippen LogP contribution in [0.1, 0.15) is 58.6 Å². The molecule has 0 aromatic heterocycles. The smallest absolute Gasteiger partial charge is 0.0239 e. The van der Waals surface area contributed by atoms with Crippen LogP contribution in [0.15, 0.2) is 24.3 Å². The van der Waals surface area contributed by atoms with E-state index in [2.05, 4.69) is 47.9 Å². The monoisotopic (exact) mass is 318 g/mol. The van der Waals surface area contributed by atoms with Gasteiger partial charge in [0.2, 0.25) is 0 Å². The van der Waals surface area contributed by atoms with Gasteiger partial charge in [-0.25, -0.2) is 0 Å². The van der Waals surface area contributed by atoms with Gasteiger partial charge in [0.25, 0.3) is 0 Å². The lowest BCUT2D eigenvalue weighted by Gasteiger charge is -2.33. The van der Waals surface area contributed by atoms with Gasteiger partial charge in [-0.15, -0.1) is 0 Å². The van der Waals surface area contributed by atoms with Crippen LogP contribution < -0.4 is 0 Å². The summed E-state index contributed by atoms with van der Waals surface area (Å²) in [6.45, 7) is 17.6. The molecule has 0 saturated carbocycles. The molecule has 2 saturated heterocycles. The number of fused-ring (bicyclic) bond motifs is 2.